The van der Waals surface area contributed by atoms with Crippen LogP contribution in [0.4, 0.5) is 5.69 Å². The number of phenols is 2. The maximum Gasteiger partial charge on any atom is 0.266 e. The van der Waals surface area contributed by atoms with Gasteiger partial charge in [0.05, 0.1) is 0 Å². The molecule has 0 aromatic heterocycles. The molecule has 2 rings (SSSR count). The summed E-state index contributed by atoms with van der Waals surface area (Å²) in [4.78, 5) is 12.2. The van der Waals surface area contributed by atoms with Gasteiger partial charge < -0.3 is 15.5 Å². The Hall–Kier alpha value is -2.97. The molecule has 0 atom stereocenters. The number of nitrogens with zero attached hydrogens (tertiary/aromatic N) is 1. The molecule has 2 aromatic carbocycles. The van der Waals surface area contributed by atoms with E-state index in [0.29, 0.717) is 16.3 Å². The van der Waals surface area contributed by atoms with Crippen LogP contribution < -0.4 is 5.32 Å². The summed E-state index contributed by atoms with van der Waals surface area (Å²) in [7, 11) is 0. The quantitative estimate of drug-likeness (QED) is 0.592. The van der Waals surface area contributed by atoms with Crippen LogP contribution in [-0.4, -0.2) is 16.1 Å². The van der Waals surface area contributed by atoms with Crippen LogP contribution in [0.5, 0.6) is 11.5 Å². The molecule has 0 fully saturated rings. The fraction of sp³-hybridized carbons (Fsp3) is 0.0588. The summed E-state index contributed by atoms with van der Waals surface area (Å²) in [6, 6.07) is 10.7. The predicted octanol–water partition coefficient (Wildman–Crippen LogP) is 3.61. The van der Waals surface area contributed by atoms with Crippen molar-refractivity contribution in [3.05, 3.63) is 58.1 Å². The highest BCUT2D eigenvalue weighted by Gasteiger charge is 2.13. The van der Waals surface area contributed by atoms with Gasteiger partial charge in [0, 0.05) is 22.3 Å². The molecule has 23 heavy (non-hydrogen) atoms. The molecule has 1 amide bonds. The molecule has 0 aliphatic carbocycles. The van der Waals surface area contributed by atoms with Crippen LogP contribution in [0.1, 0.15) is 11.1 Å². The molecule has 0 aliphatic heterocycles. The number of nitriles is 1. The second kappa shape index (κ2) is 6.86. The van der Waals surface area contributed by atoms with Crippen molar-refractivity contribution in [3.63, 3.8) is 0 Å². The van der Waals surface area contributed by atoms with E-state index < -0.39 is 5.91 Å². The highest BCUT2D eigenvalue weighted by molar-refractivity contribution is 6.31. The minimum absolute atomic E-state index is 0.114. The van der Waals surface area contributed by atoms with E-state index in [1.54, 1.807) is 31.2 Å². The number of halogens is 1. The zero-order chi connectivity index (χ0) is 17.0. The molecule has 0 spiro atoms. The fourth-order valence-corrected chi connectivity index (χ4v) is 2.07. The van der Waals surface area contributed by atoms with Gasteiger partial charge in [-0.1, -0.05) is 17.7 Å². The predicted molar refractivity (Wildman–Crippen MR) is 88.2 cm³/mol. The van der Waals surface area contributed by atoms with Crippen LogP contribution in [0, 0.1) is 18.3 Å². The number of benzene rings is 2. The molecule has 0 heterocycles. The lowest BCUT2D eigenvalue weighted by molar-refractivity contribution is -0.112. The second-order valence-electron chi connectivity index (χ2n) is 4.78. The Balaban J connectivity index is 2.30. The van der Waals surface area contributed by atoms with Gasteiger partial charge in [-0.3, -0.25) is 4.79 Å². The summed E-state index contributed by atoms with van der Waals surface area (Å²) in [5.74, 6) is -0.966. The topological polar surface area (TPSA) is 93.4 Å². The smallest absolute Gasteiger partial charge is 0.266 e. The van der Waals surface area contributed by atoms with Crippen molar-refractivity contribution in [2.24, 2.45) is 0 Å². The summed E-state index contributed by atoms with van der Waals surface area (Å²) in [6.07, 6.45) is 1.24. The van der Waals surface area contributed by atoms with Crippen molar-refractivity contribution >= 4 is 29.3 Å². The third-order valence-corrected chi connectivity index (χ3v) is 3.60. The summed E-state index contributed by atoms with van der Waals surface area (Å²) >= 11 is 5.99. The summed E-state index contributed by atoms with van der Waals surface area (Å²) in [6.45, 7) is 1.75. The van der Waals surface area contributed by atoms with E-state index in [1.165, 1.54) is 18.2 Å². The Morgan fingerprint density at radius 3 is 2.70 bits per heavy atom. The average molecular weight is 329 g/mol. The molecular formula is C17H13ClN2O3. The van der Waals surface area contributed by atoms with E-state index in [2.05, 4.69) is 5.32 Å². The molecule has 0 radical (unpaired) electrons. The van der Waals surface area contributed by atoms with Gasteiger partial charge in [-0.2, -0.15) is 5.26 Å². The first kappa shape index (κ1) is 16.4. The highest BCUT2D eigenvalue weighted by atomic mass is 35.5. The Kier molecular flexibility index (Phi) is 4.89. The van der Waals surface area contributed by atoms with Crippen molar-refractivity contribution in [2.75, 3.05) is 5.32 Å². The number of hydrogen-bond donors (Lipinski definition) is 3. The van der Waals surface area contributed by atoms with Gasteiger partial charge >= 0.3 is 0 Å². The van der Waals surface area contributed by atoms with Gasteiger partial charge in [0.15, 0.2) is 0 Å². The number of anilines is 1. The van der Waals surface area contributed by atoms with Crippen LogP contribution in [0.25, 0.3) is 6.08 Å². The lowest BCUT2D eigenvalue weighted by atomic mass is 10.1. The van der Waals surface area contributed by atoms with E-state index in [-0.39, 0.29) is 22.6 Å². The monoisotopic (exact) mass is 328 g/mol. The summed E-state index contributed by atoms with van der Waals surface area (Å²) < 4.78 is 0. The molecule has 0 saturated heterocycles. The maximum atomic E-state index is 12.2. The second-order valence-corrected chi connectivity index (χ2v) is 5.19. The first-order valence-corrected chi connectivity index (χ1v) is 7.00. The van der Waals surface area contributed by atoms with Gasteiger partial charge in [-0.25, -0.2) is 0 Å². The minimum Gasteiger partial charge on any atom is -0.508 e. The van der Waals surface area contributed by atoms with E-state index in [4.69, 9.17) is 16.9 Å². The Morgan fingerprint density at radius 2 is 2.04 bits per heavy atom. The largest absolute Gasteiger partial charge is 0.508 e. The molecule has 0 unspecified atom stereocenters. The maximum absolute atomic E-state index is 12.2. The number of amides is 1. The fourth-order valence-electron chi connectivity index (χ4n) is 1.89. The molecule has 5 nitrogen and oxygen atoms in total. The normalized spacial score (nSPS) is 10.9. The minimum atomic E-state index is -0.620. The van der Waals surface area contributed by atoms with Gasteiger partial charge in [-0.15, -0.1) is 0 Å². The molecule has 116 valence electrons. The van der Waals surface area contributed by atoms with E-state index in [1.807, 2.05) is 0 Å². The number of hydrogen-bond acceptors (Lipinski definition) is 4. The van der Waals surface area contributed by atoms with Crippen molar-refractivity contribution in [2.45, 2.75) is 6.92 Å². The van der Waals surface area contributed by atoms with Crippen molar-refractivity contribution in [1.82, 2.24) is 0 Å². The standard InChI is InChI=1S/C17H13ClN2O3/c1-10-14(18)3-2-4-15(10)20-17(23)12(9-19)7-11-5-6-13(21)8-16(11)22/h2-8,21-22H,1H3,(H,20,23)/b12-7+. The summed E-state index contributed by atoms with van der Waals surface area (Å²) in [5.41, 5.74) is 1.24. The first-order valence-electron chi connectivity index (χ1n) is 6.62. The molecule has 6 heteroatoms. The van der Waals surface area contributed by atoms with Gasteiger partial charge in [0.25, 0.3) is 5.91 Å². The van der Waals surface area contributed by atoms with Crippen LogP contribution in [0.2, 0.25) is 5.02 Å². The molecule has 3 N–H and O–H groups in total. The average Bonchev–Trinajstić information content (AvgIpc) is 2.51. The Morgan fingerprint density at radius 1 is 1.30 bits per heavy atom. The van der Waals surface area contributed by atoms with Gasteiger partial charge in [-0.05, 0) is 42.8 Å². The zero-order valence-corrected chi connectivity index (χ0v) is 12.9. The number of aromatic hydroxyl groups is 2. The molecule has 0 bridgehead atoms. The van der Waals surface area contributed by atoms with Gasteiger partial charge in [0.2, 0.25) is 0 Å². The molecular weight excluding hydrogens is 316 g/mol. The number of carbonyl (C=O) groups is 1. The lowest BCUT2D eigenvalue weighted by Gasteiger charge is -2.09. The van der Waals surface area contributed by atoms with Crippen LogP contribution in [0.15, 0.2) is 42.0 Å². The third kappa shape index (κ3) is 3.82. The number of rotatable bonds is 3. The lowest BCUT2D eigenvalue weighted by Crippen LogP contribution is -2.14. The Bertz CT molecular complexity index is 838. The van der Waals surface area contributed by atoms with E-state index in [0.717, 1.165) is 6.07 Å². The van der Waals surface area contributed by atoms with Crippen molar-refractivity contribution in [3.8, 4) is 17.6 Å². The summed E-state index contributed by atoms with van der Waals surface area (Å²) in [5, 5.41) is 31.3. The van der Waals surface area contributed by atoms with Crippen LogP contribution in [-0.2, 0) is 4.79 Å². The van der Waals surface area contributed by atoms with Crippen molar-refractivity contribution < 1.29 is 15.0 Å². The molecule has 0 saturated carbocycles. The Labute approximate surface area is 138 Å². The third-order valence-electron chi connectivity index (χ3n) is 3.19. The molecule has 2 aromatic rings. The number of phenolic OH excluding ortho intramolecular Hbond substituents is 2. The number of nitrogens with one attached hydrogen (secondary N) is 1. The first-order chi connectivity index (χ1) is 10.9. The van der Waals surface area contributed by atoms with Crippen LogP contribution in [0.3, 0.4) is 0 Å². The SMILES string of the molecule is Cc1c(Cl)cccc1NC(=O)/C(C#N)=C/c1ccc(O)cc1O. The van der Waals surface area contributed by atoms with E-state index in [9.17, 15) is 15.0 Å². The van der Waals surface area contributed by atoms with Crippen LogP contribution >= 0.6 is 11.6 Å². The highest BCUT2D eigenvalue weighted by Crippen LogP contribution is 2.26. The zero-order valence-electron chi connectivity index (χ0n) is 12.2. The van der Waals surface area contributed by atoms with Crippen molar-refractivity contribution in [1.29, 1.82) is 5.26 Å². The molecule has 0 aliphatic rings. The number of carbonyl (C=O) groups excluding carboxylic acids is 1. The van der Waals surface area contributed by atoms with E-state index >= 15 is 0 Å². The van der Waals surface area contributed by atoms with Gasteiger partial charge in [0.1, 0.15) is 23.1 Å².